The molecule has 0 aromatic carbocycles. The van der Waals surface area contributed by atoms with Crippen molar-refractivity contribution in [3.8, 4) is 0 Å². The summed E-state index contributed by atoms with van der Waals surface area (Å²) in [5, 5.41) is 9.91. The summed E-state index contributed by atoms with van der Waals surface area (Å²) in [6.07, 6.45) is 5.91. The van der Waals surface area contributed by atoms with Crippen LogP contribution < -0.4 is 0 Å². The minimum Gasteiger partial charge on any atom is -0.395 e. The highest BCUT2D eigenvalue weighted by atomic mass is 16.5. The fourth-order valence-electron chi connectivity index (χ4n) is 7.34. The number of nitrogens with zero attached hydrogens (tertiary/aromatic N) is 4. The zero-order valence-electron chi connectivity index (χ0n) is 23.7. The Bertz CT molecular complexity index is 939. The first-order valence-electron chi connectivity index (χ1n) is 14.5. The Balaban J connectivity index is 1.68. The number of ether oxygens (including phenoxy) is 2. The molecule has 4 saturated heterocycles. The molecule has 4 fully saturated rings. The lowest BCUT2D eigenvalue weighted by molar-refractivity contribution is -0.155. The van der Waals surface area contributed by atoms with Crippen LogP contribution in [-0.2, 0) is 23.9 Å². The molecule has 218 valence electrons. The number of hydrogen-bond acceptors (Lipinski definition) is 7. The fourth-order valence-corrected chi connectivity index (χ4v) is 7.34. The quantitative estimate of drug-likeness (QED) is 0.323. The van der Waals surface area contributed by atoms with E-state index in [0.29, 0.717) is 65.2 Å². The van der Waals surface area contributed by atoms with Crippen LogP contribution in [0.5, 0.6) is 0 Å². The van der Waals surface area contributed by atoms with E-state index >= 15 is 0 Å². The first-order valence-corrected chi connectivity index (χ1v) is 14.5. The zero-order chi connectivity index (χ0) is 28.2. The molecule has 4 rings (SSSR count). The summed E-state index contributed by atoms with van der Waals surface area (Å²) in [6.45, 7) is 16.9. The monoisotopic (exact) mass is 546 g/mol. The molecule has 0 radical (unpaired) electrons. The second-order valence-electron chi connectivity index (χ2n) is 11.2. The van der Waals surface area contributed by atoms with E-state index in [1.165, 1.54) is 4.90 Å². The highest BCUT2D eigenvalue weighted by molar-refractivity contribution is 5.99. The van der Waals surface area contributed by atoms with Gasteiger partial charge in [0, 0.05) is 52.4 Å². The lowest BCUT2D eigenvalue weighted by atomic mass is 9.64. The maximum absolute atomic E-state index is 14.3. The summed E-state index contributed by atoms with van der Waals surface area (Å²) in [6, 6.07) is -0.892. The van der Waals surface area contributed by atoms with Gasteiger partial charge >= 0.3 is 0 Å². The number of rotatable bonds is 14. The summed E-state index contributed by atoms with van der Waals surface area (Å²) in [5.41, 5.74) is -1.88. The third-order valence-corrected chi connectivity index (χ3v) is 9.13. The minimum atomic E-state index is -1.09. The van der Waals surface area contributed by atoms with Gasteiger partial charge in [0.25, 0.3) is 0 Å². The molecular formula is C29H46N4O6. The molecule has 3 amide bonds. The van der Waals surface area contributed by atoms with E-state index in [1.807, 2.05) is 13.8 Å². The lowest BCUT2D eigenvalue weighted by Gasteiger charge is -2.37. The predicted molar refractivity (Wildman–Crippen MR) is 147 cm³/mol. The number of aliphatic hydroxyl groups excluding tert-OH is 1. The average molecular weight is 547 g/mol. The third-order valence-electron chi connectivity index (χ3n) is 9.13. The Labute approximate surface area is 232 Å². The van der Waals surface area contributed by atoms with Crippen LogP contribution in [0.3, 0.4) is 0 Å². The van der Waals surface area contributed by atoms with Crippen molar-refractivity contribution in [2.75, 3.05) is 72.2 Å². The van der Waals surface area contributed by atoms with Gasteiger partial charge in [-0.15, -0.1) is 13.2 Å². The van der Waals surface area contributed by atoms with Gasteiger partial charge < -0.3 is 29.3 Å². The van der Waals surface area contributed by atoms with E-state index in [-0.39, 0.29) is 30.9 Å². The zero-order valence-corrected chi connectivity index (χ0v) is 23.7. The van der Waals surface area contributed by atoms with E-state index in [2.05, 4.69) is 18.1 Å². The number of likely N-dealkylation sites (tertiary alicyclic amines) is 1. The van der Waals surface area contributed by atoms with Crippen LogP contribution in [0.4, 0.5) is 0 Å². The van der Waals surface area contributed by atoms with Crippen molar-refractivity contribution in [3.05, 3.63) is 25.3 Å². The molecule has 1 N–H and O–H groups in total. The molecule has 2 unspecified atom stereocenters. The molecule has 1 spiro atoms. The first kappa shape index (κ1) is 29.7. The van der Waals surface area contributed by atoms with Gasteiger partial charge in [0.15, 0.2) is 0 Å². The number of carbonyl (C=O) groups excluding carboxylic acids is 3. The molecule has 10 nitrogen and oxygen atoms in total. The predicted octanol–water partition coefficient (Wildman–Crippen LogP) is 0.905. The molecule has 4 aliphatic heterocycles. The Morgan fingerprint density at radius 2 is 1.72 bits per heavy atom. The van der Waals surface area contributed by atoms with Gasteiger partial charge in [-0.2, -0.15) is 0 Å². The highest BCUT2D eigenvalue weighted by Crippen LogP contribution is 2.64. The molecule has 10 heteroatoms. The summed E-state index contributed by atoms with van der Waals surface area (Å²) < 4.78 is 12.3. The Kier molecular flexibility index (Phi) is 9.52. The van der Waals surface area contributed by atoms with Crippen LogP contribution in [0.15, 0.2) is 25.3 Å². The summed E-state index contributed by atoms with van der Waals surface area (Å²) in [5.74, 6) is -2.00. The Morgan fingerprint density at radius 1 is 1.05 bits per heavy atom. The lowest BCUT2D eigenvalue weighted by Crippen LogP contribution is -2.57. The van der Waals surface area contributed by atoms with Gasteiger partial charge in [0.2, 0.25) is 17.7 Å². The van der Waals surface area contributed by atoms with Gasteiger partial charge in [-0.1, -0.05) is 26.0 Å². The number of morpholine rings is 1. The topological polar surface area (TPSA) is 103 Å². The van der Waals surface area contributed by atoms with Crippen molar-refractivity contribution < 1.29 is 29.0 Å². The van der Waals surface area contributed by atoms with Gasteiger partial charge in [0.1, 0.15) is 11.6 Å². The SMILES string of the molecule is C=CCN(CCN1CCOCC1)C(=O)C1N(CCO)C(=O)[C@@H]2[C@@H](C(=O)N(CC=C)CCC)[C@@]3(CC)CCC12O3. The van der Waals surface area contributed by atoms with Crippen molar-refractivity contribution in [2.24, 2.45) is 11.8 Å². The van der Waals surface area contributed by atoms with E-state index < -0.39 is 29.1 Å². The molecular weight excluding hydrogens is 500 g/mol. The van der Waals surface area contributed by atoms with Gasteiger partial charge in [-0.05, 0) is 25.7 Å². The molecule has 5 atom stereocenters. The maximum Gasteiger partial charge on any atom is 0.248 e. The average Bonchev–Trinajstić information content (AvgIpc) is 3.55. The van der Waals surface area contributed by atoms with Crippen LogP contribution >= 0.6 is 0 Å². The van der Waals surface area contributed by atoms with Gasteiger partial charge in [0.05, 0.1) is 37.3 Å². The van der Waals surface area contributed by atoms with Crippen LogP contribution in [-0.4, -0.2) is 132 Å². The van der Waals surface area contributed by atoms with Crippen molar-refractivity contribution in [2.45, 2.75) is 56.8 Å². The van der Waals surface area contributed by atoms with Crippen LogP contribution in [0.1, 0.15) is 39.5 Å². The third kappa shape index (κ3) is 5.16. The summed E-state index contributed by atoms with van der Waals surface area (Å²) >= 11 is 0. The normalized spacial score (nSPS) is 31.8. The minimum absolute atomic E-state index is 0.0214. The summed E-state index contributed by atoms with van der Waals surface area (Å²) in [7, 11) is 0. The van der Waals surface area contributed by atoms with E-state index in [4.69, 9.17) is 9.47 Å². The van der Waals surface area contributed by atoms with Gasteiger partial charge in [-0.25, -0.2) is 0 Å². The second kappa shape index (κ2) is 12.5. The number of hydrogen-bond donors (Lipinski definition) is 1. The van der Waals surface area contributed by atoms with E-state index in [1.54, 1.807) is 22.0 Å². The molecule has 39 heavy (non-hydrogen) atoms. The standard InChI is InChI=1S/C29H46N4O6/c1-5-11-31(12-6-2)25(35)22-23-26(36)33(16-19-34)24(29(23)10-9-28(22,8-4)39-29)27(37)32(13-7-3)15-14-30-17-20-38-21-18-30/h5,7,22-24,34H,1,3,6,8-21H2,2,4H3/t22-,23-,24?,28+,29?/m0/s1. The Hall–Kier alpha value is -2.27. The van der Waals surface area contributed by atoms with Crippen LogP contribution in [0.2, 0.25) is 0 Å². The highest BCUT2D eigenvalue weighted by Gasteiger charge is 2.79. The van der Waals surface area contributed by atoms with E-state index in [0.717, 1.165) is 19.5 Å². The number of β-amino-alcohol motifs (C(OH)–C–C–N with tert-alkyl or cyclic N) is 1. The molecule has 0 saturated carbocycles. The summed E-state index contributed by atoms with van der Waals surface area (Å²) in [4.78, 5) is 49.8. The smallest absolute Gasteiger partial charge is 0.248 e. The van der Waals surface area contributed by atoms with Gasteiger partial charge in [-0.3, -0.25) is 19.3 Å². The van der Waals surface area contributed by atoms with Crippen molar-refractivity contribution in [1.82, 2.24) is 19.6 Å². The molecule has 0 aromatic rings. The Morgan fingerprint density at radius 3 is 2.31 bits per heavy atom. The maximum atomic E-state index is 14.3. The number of fused-ring (bicyclic) bond motifs is 1. The number of carbonyl (C=O) groups is 3. The van der Waals surface area contributed by atoms with Crippen molar-refractivity contribution in [1.29, 1.82) is 0 Å². The number of amides is 3. The largest absolute Gasteiger partial charge is 0.395 e. The molecule has 4 aliphatic rings. The first-order chi connectivity index (χ1) is 18.8. The fraction of sp³-hybridized carbons (Fsp3) is 0.759. The van der Waals surface area contributed by atoms with E-state index in [9.17, 15) is 19.5 Å². The second-order valence-corrected chi connectivity index (χ2v) is 11.2. The van der Waals surface area contributed by atoms with Crippen LogP contribution in [0.25, 0.3) is 0 Å². The van der Waals surface area contributed by atoms with Crippen molar-refractivity contribution in [3.63, 3.8) is 0 Å². The molecule has 4 heterocycles. The molecule has 0 aromatic heterocycles. The van der Waals surface area contributed by atoms with Crippen molar-refractivity contribution >= 4 is 17.7 Å². The molecule has 0 aliphatic carbocycles. The molecule has 2 bridgehead atoms. The van der Waals surface area contributed by atoms with Crippen LogP contribution in [0, 0.1) is 11.8 Å². The number of aliphatic hydroxyl groups is 1.